The Hall–Kier alpha value is -1.86. The number of nitrogens with one attached hydrogen (secondary N) is 1. The standard InChI is InChI=1S/C14H15N3O/c15-9-10-3-5-12-13(8-10)17-14(16-12)6-4-11-2-1-7-18-11/h3,5,8,11H,1-2,4,6-7H2,(H,16,17). The third-order valence-corrected chi connectivity index (χ3v) is 3.39. The fourth-order valence-electron chi connectivity index (χ4n) is 2.42. The lowest BCUT2D eigenvalue weighted by Crippen LogP contribution is -2.06. The average Bonchev–Trinajstić information content (AvgIpc) is 3.04. The second-order valence-corrected chi connectivity index (χ2v) is 4.70. The summed E-state index contributed by atoms with van der Waals surface area (Å²) in [4.78, 5) is 7.81. The van der Waals surface area contributed by atoms with Crippen molar-refractivity contribution in [3.05, 3.63) is 29.6 Å². The number of hydrogen-bond donors (Lipinski definition) is 1. The fourth-order valence-corrected chi connectivity index (χ4v) is 2.42. The number of fused-ring (bicyclic) bond motifs is 1. The largest absolute Gasteiger partial charge is 0.378 e. The summed E-state index contributed by atoms with van der Waals surface area (Å²) in [6.07, 6.45) is 4.66. The Kier molecular flexibility index (Phi) is 2.99. The molecule has 1 aliphatic rings. The molecule has 0 amide bonds. The van der Waals surface area contributed by atoms with E-state index in [1.807, 2.05) is 12.1 Å². The van der Waals surface area contributed by atoms with Crippen LogP contribution in [-0.4, -0.2) is 22.7 Å². The van der Waals surface area contributed by atoms with Gasteiger partial charge in [0.05, 0.1) is 28.8 Å². The molecule has 4 heteroatoms. The van der Waals surface area contributed by atoms with Crippen LogP contribution < -0.4 is 0 Å². The van der Waals surface area contributed by atoms with E-state index >= 15 is 0 Å². The number of rotatable bonds is 3. The molecule has 1 N–H and O–H groups in total. The van der Waals surface area contributed by atoms with E-state index in [1.54, 1.807) is 6.07 Å². The van der Waals surface area contributed by atoms with Gasteiger partial charge in [0.2, 0.25) is 0 Å². The normalized spacial score (nSPS) is 19.2. The van der Waals surface area contributed by atoms with Crippen molar-refractivity contribution in [1.29, 1.82) is 5.26 Å². The lowest BCUT2D eigenvalue weighted by molar-refractivity contribution is 0.104. The number of nitrogens with zero attached hydrogens (tertiary/aromatic N) is 2. The first-order chi connectivity index (χ1) is 8.85. The van der Waals surface area contributed by atoms with Crippen molar-refractivity contribution in [2.75, 3.05) is 6.61 Å². The van der Waals surface area contributed by atoms with Crippen LogP contribution in [0.4, 0.5) is 0 Å². The molecular weight excluding hydrogens is 226 g/mol. The molecule has 0 radical (unpaired) electrons. The fraction of sp³-hybridized carbons (Fsp3) is 0.429. The van der Waals surface area contributed by atoms with Gasteiger partial charge in [0, 0.05) is 13.0 Å². The van der Waals surface area contributed by atoms with Gasteiger partial charge in [0.1, 0.15) is 5.82 Å². The first kappa shape index (κ1) is 11.2. The molecular formula is C14H15N3O. The minimum atomic E-state index is 0.396. The molecule has 2 aromatic rings. The summed E-state index contributed by atoms with van der Waals surface area (Å²) in [5, 5.41) is 8.85. The first-order valence-electron chi connectivity index (χ1n) is 6.35. The monoisotopic (exact) mass is 241 g/mol. The van der Waals surface area contributed by atoms with Gasteiger partial charge in [0.15, 0.2) is 0 Å². The summed E-state index contributed by atoms with van der Waals surface area (Å²) >= 11 is 0. The number of imidazole rings is 1. The van der Waals surface area contributed by atoms with Crippen LogP contribution >= 0.6 is 0 Å². The Morgan fingerprint density at radius 3 is 3.22 bits per heavy atom. The molecule has 1 fully saturated rings. The molecule has 0 spiro atoms. The van der Waals surface area contributed by atoms with Gasteiger partial charge in [-0.15, -0.1) is 0 Å². The van der Waals surface area contributed by atoms with Gasteiger partial charge in [-0.05, 0) is 37.5 Å². The number of aromatic amines is 1. The van der Waals surface area contributed by atoms with E-state index < -0.39 is 0 Å². The van der Waals surface area contributed by atoms with Crippen LogP contribution in [0, 0.1) is 11.3 Å². The van der Waals surface area contributed by atoms with Crippen LogP contribution in [0.3, 0.4) is 0 Å². The zero-order valence-electron chi connectivity index (χ0n) is 10.1. The molecule has 0 aliphatic carbocycles. The second kappa shape index (κ2) is 4.79. The van der Waals surface area contributed by atoms with Crippen LogP contribution in [0.25, 0.3) is 11.0 Å². The Labute approximate surface area is 106 Å². The van der Waals surface area contributed by atoms with Crippen LogP contribution in [-0.2, 0) is 11.2 Å². The summed E-state index contributed by atoms with van der Waals surface area (Å²) in [5.74, 6) is 0.982. The lowest BCUT2D eigenvalue weighted by Gasteiger charge is -2.06. The quantitative estimate of drug-likeness (QED) is 0.898. The van der Waals surface area contributed by atoms with E-state index in [0.717, 1.165) is 36.3 Å². The number of H-pyrrole nitrogens is 1. The maximum Gasteiger partial charge on any atom is 0.107 e. The molecule has 18 heavy (non-hydrogen) atoms. The molecule has 1 aromatic carbocycles. The number of hydrogen-bond acceptors (Lipinski definition) is 3. The average molecular weight is 241 g/mol. The smallest absolute Gasteiger partial charge is 0.107 e. The second-order valence-electron chi connectivity index (χ2n) is 4.70. The predicted octanol–water partition coefficient (Wildman–Crippen LogP) is 2.55. The molecule has 0 saturated carbocycles. The van der Waals surface area contributed by atoms with Gasteiger partial charge >= 0.3 is 0 Å². The van der Waals surface area contributed by atoms with Crippen molar-refractivity contribution in [3.63, 3.8) is 0 Å². The van der Waals surface area contributed by atoms with E-state index in [-0.39, 0.29) is 0 Å². The van der Waals surface area contributed by atoms with E-state index in [2.05, 4.69) is 16.0 Å². The van der Waals surface area contributed by atoms with E-state index in [9.17, 15) is 0 Å². The molecule has 2 heterocycles. The number of nitriles is 1. The first-order valence-corrected chi connectivity index (χ1v) is 6.35. The molecule has 4 nitrogen and oxygen atoms in total. The third kappa shape index (κ3) is 2.22. The zero-order chi connectivity index (χ0) is 12.4. The topological polar surface area (TPSA) is 61.7 Å². The predicted molar refractivity (Wildman–Crippen MR) is 68.1 cm³/mol. The summed E-state index contributed by atoms with van der Waals surface area (Å²) in [6, 6.07) is 7.67. The summed E-state index contributed by atoms with van der Waals surface area (Å²) in [5.41, 5.74) is 2.53. The van der Waals surface area contributed by atoms with Crippen molar-refractivity contribution in [2.24, 2.45) is 0 Å². The van der Waals surface area contributed by atoms with Crippen LogP contribution in [0.1, 0.15) is 30.7 Å². The Morgan fingerprint density at radius 2 is 2.44 bits per heavy atom. The third-order valence-electron chi connectivity index (χ3n) is 3.39. The van der Waals surface area contributed by atoms with Crippen molar-refractivity contribution in [3.8, 4) is 6.07 Å². The van der Waals surface area contributed by atoms with Crippen molar-refractivity contribution < 1.29 is 4.74 Å². The minimum absolute atomic E-state index is 0.396. The maximum atomic E-state index is 8.85. The molecule has 92 valence electrons. The summed E-state index contributed by atoms with van der Waals surface area (Å²) in [7, 11) is 0. The molecule has 3 rings (SSSR count). The van der Waals surface area contributed by atoms with Crippen molar-refractivity contribution in [2.45, 2.75) is 31.8 Å². The van der Waals surface area contributed by atoms with E-state index in [4.69, 9.17) is 10.00 Å². The molecule has 1 unspecified atom stereocenters. The molecule has 1 aliphatic heterocycles. The van der Waals surface area contributed by atoms with Crippen molar-refractivity contribution >= 4 is 11.0 Å². The van der Waals surface area contributed by atoms with E-state index in [1.165, 1.54) is 12.8 Å². The van der Waals surface area contributed by atoms with Crippen LogP contribution in [0.15, 0.2) is 18.2 Å². The highest BCUT2D eigenvalue weighted by Crippen LogP contribution is 2.19. The minimum Gasteiger partial charge on any atom is -0.378 e. The lowest BCUT2D eigenvalue weighted by atomic mass is 10.1. The Bertz CT molecular complexity index is 591. The molecule has 1 atom stereocenters. The number of aryl methyl sites for hydroxylation is 1. The molecule has 1 saturated heterocycles. The zero-order valence-corrected chi connectivity index (χ0v) is 10.1. The van der Waals surface area contributed by atoms with Gasteiger partial charge < -0.3 is 9.72 Å². The van der Waals surface area contributed by atoms with Gasteiger partial charge in [0.25, 0.3) is 0 Å². The molecule has 0 bridgehead atoms. The number of aromatic nitrogens is 2. The van der Waals surface area contributed by atoms with E-state index in [0.29, 0.717) is 11.7 Å². The SMILES string of the molecule is N#Cc1ccc2nc(CCC3CCCO3)[nH]c2c1. The van der Waals surface area contributed by atoms with Crippen LogP contribution in [0.5, 0.6) is 0 Å². The summed E-state index contributed by atoms with van der Waals surface area (Å²) in [6.45, 7) is 0.899. The number of ether oxygens (including phenoxy) is 1. The van der Waals surface area contributed by atoms with Gasteiger partial charge in [-0.1, -0.05) is 0 Å². The maximum absolute atomic E-state index is 8.85. The highest BCUT2D eigenvalue weighted by molar-refractivity contribution is 5.76. The number of benzene rings is 1. The highest BCUT2D eigenvalue weighted by atomic mass is 16.5. The van der Waals surface area contributed by atoms with Gasteiger partial charge in [-0.2, -0.15) is 5.26 Å². The van der Waals surface area contributed by atoms with Crippen molar-refractivity contribution in [1.82, 2.24) is 9.97 Å². The Balaban J connectivity index is 1.74. The summed E-state index contributed by atoms with van der Waals surface area (Å²) < 4.78 is 5.60. The van der Waals surface area contributed by atoms with Crippen LogP contribution in [0.2, 0.25) is 0 Å². The Morgan fingerprint density at radius 1 is 1.50 bits per heavy atom. The molecule has 1 aromatic heterocycles. The highest BCUT2D eigenvalue weighted by Gasteiger charge is 2.15. The van der Waals surface area contributed by atoms with Gasteiger partial charge in [-0.3, -0.25) is 0 Å². The van der Waals surface area contributed by atoms with Gasteiger partial charge in [-0.25, -0.2) is 4.98 Å².